The van der Waals surface area contributed by atoms with Gasteiger partial charge in [-0.1, -0.05) is 22.0 Å². The number of carbonyl (C=O) groups is 1. The van der Waals surface area contributed by atoms with Gasteiger partial charge < -0.3 is 5.32 Å². The number of aryl methyl sites for hydroxylation is 1. The van der Waals surface area contributed by atoms with E-state index in [9.17, 15) is 18.0 Å². The molecular weight excluding hydrogens is 347 g/mol. The minimum Gasteiger partial charge on any atom is -0.322 e. The zero-order valence-electron chi connectivity index (χ0n) is 11.0. The van der Waals surface area contributed by atoms with Gasteiger partial charge in [0.1, 0.15) is 0 Å². The lowest BCUT2D eigenvalue weighted by atomic mass is 10.1. The van der Waals surface area contributed by atoms with Crippen LogP contribution < -0.4 is 5.32 Å². The summed E-state index contributed by atoms with van der Waals surface area (Å²) in [5.74, 6) is -0.459. The summed E-state index contributed by atoms with van der Waals surface area (Å²) in [7, 11) is 0. The van der Waals surface area contributed by atoms with E-state index in [0.717, 1.165) is 34.3 Å². The Morgan fingerprint density at radius 2 is 1.71 bits per heavy atom. The van der Waals surface area contributed by atoms with Gasteiger partial charge in [-0.05, 0) is 48.9 Å². The van der Waals surface area contributed by atoms with E-state index in [1.165, 1.54) is 0 Å². The van der Waals surface area contributed by atoms with Crippen molar-refractivity contribution < 1.29 is 18.0 Å². The van der Waals surface area contributed by atoms with E-state index in [1.807, 2.05) is 13.0 Å². The number of anilines is 1. The molecule has 1 N–H and O–H groups in total. The van der Waals surface area contributed by atoms with Crippen molar-refractivity contribution in [1.29, 1.82) is 0 Å². The molecule has 2 nitrogen and oxygen atoms in total. The van der Waals surface area contributed by atoms with Gasteiger partial charge in [-0.2, -0.15) is 13.2 Å². The molecule has 2 aromatic carbocycles. The predicted molar refractivity (Wildman–Crippen MR) is 78.3 cm³/mol. The summed E-state index contributed by atoms with van der Waals surface area (Å²) >= 11 is 3.35. The fourth-order valence-electron chi connectivity index (χ4n) is 1.68. The molecule has 0 saturated carbocycles. The molecule has 0 aromatic heterocycles. The van der Waals surface area contributed by atoms with Crippen LogP contribution in [0.3, 0.4) is 0 Å². The van der Waals surface area contributed by atoms with Gasteiger partial charge in [0.2, 0.25) is 0 Å². The standard InChI is InChI=1S/C15H11BrF3NO/c1-9-2-7-12(8-13(9)16)20-14(21)10-3-5-11(6-4-10)15(17,18)19/h2-8H,1H3,(H,20,21). The Kier molecular flexibility index (Phi) is 4.37. The second-order valence-corrected chi connectivity index (χ2v) is 5.35. The average molecular weight is 358 g/mol. The lowest BCUT2D eigenvalue weighted by Gasteiger charge is -2.09. The molecule has 2 rings (SSSR count). The van der Waals surface area contributed by atoms with E-state index in [4.69, 9.17) is 0 Å². The quantitative estimate of drug-likeness (QED) is 0.802. The second-order valence-electron chi connectivity index (χ2n) is 4.49. The smallest absolute Gasteiger partial charge is 0.322 e. The maximum Gasteiger partial charge on any atom is 0.416 e. The third kappa shape index (κ3) is 3.85. The lowest BCUT2D eigenvalue weighted by molar-refractivity contribution is -0.137. The van der Waals surface area contributed by atoms with E-state index < -0.39 is 17.6 Å². The van der Waals surface area contributed by atoms with Crippen molar-refractivity contribution in [3.05, 3.63) is 63.6 Å². The van der Waals surface area contributed by atoms with E-state index >= 15 is 0 Å². The lowest BCUT2D eigenvalue weighted by Crippen LogP contribution is -2.12. The topological polar surface area (TPSA) is 29.1 Å². The van der Waals surface area contributed by atoms with Crippen LogP contribution in [0.25, 0.3) is 0 Å². The van der Waals surface area contributed by atoms with Crippen molar-refractivity contribution in [2.45, 2.75) is 13.1 Å². The Labute approximate surface area is 128 Å². The van der Waals surface area contributed by atoms with Crippen molar-refractivity contribution >= 4 is 27.5 Å². The fraction of sp³-hybridized carbons (Fsp3) is 0.133. The first-order valence-electron chi connectivity index (χ1n) is 6.02. The first-order chi connectivity index (χ1) is 9.77. The zero-order valence-corrected chi connectivity index (χ0v) is 12.5. The van der Waals surface area contributed by atoms with Crippen LogP contribution in [0.2, 0.25) is 0 Å². The van der Waals surface area contributed by atoms with E-state index in [2.05, 4.69) is 21.2 Å². The monoisotopic (exact) mass is 357 g/mol. The molecule has 21 heavy (non-hydrogen) atoms. The number of alkyl halides is 3. The van der Waals surface area contributed by atoms with Gasteiger partial charge >= 0.3 is 6.18 Å². The third-order valence-corrected chi connectivity index (χ3v) is 3.76. The summed E-state index contributed by atoms with van der Waals surface area (Å²) in [6.45, 7) is 1.91. The van der Waals surface area contributed by atoms with Gasteiger partial charge in [0, 0.05) is 15.7 Å². The van der Waals surface area contributed by atoms with Crippen LogP contribution in [0, 0.1) is 6.92 Å². The maximum atomic E-state index is 12.4. The summed E-state index contributed by atoms with van der Waals surface area (Å²) in [5.41, 5.74) is 0.969. The molecule has 0 spiro atoms. The molecule has 0 aliphatic carbocycles. The van der Waals surface area contributed by atoms with Gasteiger partial charge in [-0.25, -0.2) is 0 Å². The molecular formula is C15H11BrF3NO. The second kappa shape index (κ2) is 5.89. The molecule has 0 atom stereocenters. The molecule has 0 fully saturated rings. The van der Waals surface area contributed by atoms with E-state index in [1.54, 1.807) is 12.1 Å². The van der Waals surface area contributed by atoms with Gasteiger partial charge in [-0.3, -0.25) is 4.79 Å². The molecule has 0 saturated heterocycles. The highest BCUT2D eigenvalue weighted by atomic mass is 79.9. The summed E-state index contributed by atoms with van der Waals surface area (Å²) < 4.78 is 38.2. The first kappa shape index (κ1) is 15.6. The molecule has 0 aliphatic rings. The number of benzene rings is 2. The minimum absolute atomic E-state index is 0.166. The number of hydrogen-bond acceptors (Lipinski definition) is 1. The fourth-order valence-corrected chi connectivity index (χ4v) is 2.06. The van der Waals surface area contributed by atoms with E-state index in [0.29, 0.717) is 5.69 Å². The van der Waals surface area contributed by atoms with Crippen molar-refractivity contribution in [3.63, 3.8) is 0 Å². The largest absolute Gasteiger partial charge is 0.416 e. The Morgan fingerprint density at radius 3 is 2.24 bits per heavy atom. The third-order valence-electron chi connectivity index (χ3n) is 2.90. The molecule has 0 bridgehead atoms. The Balaban J connectivity index is 2.15. The molecule has 2 aromatic rings. The van der Waals surface area contributed by atoms with Gasteiger partial charge in [0.05, 0.1) is 5.56 Å². The Morgan fingerprint density at radius 1 is 1.10 bits per heavy atom. The van der Waals surface area contributed by atoms with Crippen LogP contribution in [0.15, 0.2) is 46.9 Å². The van der Waals surface area contributed by atoms with Crippen LogP contribution in [0.5, 0.6) is 0 Å². The van der Waals surface area contributed by atoms with Crippen LogP contribution in [-0.2, 0) is 6.18 Å². The van der Waals surface area contributed by atoms with Gasteiger partial charge in [-0.15, -0.1) is 0 Å². The maximum absolute atomic E-state index is 12.4. The van der Waals surface area contributed by atoms with Crippen LogP contribution in [-0.4, -0.2) is 5.91 Å². The molecule has 0 heterocycles. The van der Waals surface area contributed by atoms with Crippen LogP contribution in [0.4, 0.5) is 18.9 Å². The molecule has 1 amide bonds. The summed E-state index contributed by atoms with van der Waals surface area (Å²) in [4.78, 5) is 12.0. The SMILES string of the molecule is Cc1ccc(NC(=O)c2ccc(C(F)(F)F)cc2)cc1Br. The number of halogens is 4. The van der Waals surface area contributed by atoms with Gasteiger partial charge in [0.25, 0.3) is 5.91 Å². The van der Waals surface area contributed by atoms with Crippen LogP contribution in [0.1, 0.15) is 21.5 Å². The molecule has 0 aliphatic heterocycles. The van der Waals surface area contributed by atoms with E-state index in [-0.39, 0.29) is 5.56 Å². The molecule has 0 radical (unpaired) electrons. The molecule has 110 valence electrons. The van der Waals surface area contributed by atoms with Crippen molar-refractivity contribution in [2.24, 2.45) is 0 Å². The number of rotatable bonds is 2. The molecule has 6 heteroatoms. The summed E-state index contributed by atoms with van der Waals surface area (Å²) in [6, 6.07) is 9.37. The number of nitrogens with one attached hydrogen (secondary N) is 1. The van der Waals surface area contributed by atoms with Crippen molar-refractivity contribution in [2.75, 3.05) is 5.32 Å². The average Bonchev–Trinajstić information content (AvgIpc) is 2.42. The summed E-state index contributed by atoms with van der Waals surface area (Å²) in [5, 5.41) is 2.63. The highest BCUT2D eigenvalue weighted by molar-refractivity contribution is 9.10. The Hall–Kier alpha value is -1.82. The van der Waals surface area contributed by atoms with Crippen molar-refractivity contribution in [3.8, 4) is 0 Å². The van der Waals surface area contributed by atoms with Crippen LogP contribution >= 0.6 is 15.9 Å². The normalized spacial score (nSPS) is 11.3. The predicted octanol–water partition coefficient (Wildman–Crippen LogP) is 5.03. The first-order valence-corrected chi connectivity index (χ1v) is 6.81. The zero-order chi connectivity index (χ0) is 15.6. The minimum atomic E-state index is -4.41. The summed E-state index contributed by atoms with van der Waals surface area (Å²) in [6.07, 6.45) is -4.41. The number of amides is 1. The Bertz CT molecular complexity index is 666. The number of carbonyl (C=O) groups excluding carboxylic acids is 1. The van der Waals surface area contributed by atoms with Crippen molar-refractivity contribution in [1.82, 2.24) is 0 Å². The van der Waals surface area contributed by atoms with Gasteiger partial charge in [0.15, 0.2) is 0 Å². The highest BCUT2D eigenvalue weighted by Crippen LogP contribution is 2.29. The molecule has 0 unspecified atom stereocenters. The highest BCUT2D eigenvalue weighted by Gasteiger charge is 2.30. The number of hydrogen-bond donors (Lipinski definition) is 1.